The highest BCUT2D eigenvalue weighted by molar-refractivity contribution is 6.24. The third kappa shape index (κ3) is 4.09. The predicted molar refractivity (Wildman–Crippen MR) is 177 cm³/mol. The molecule has 0 amide bonds. The highest BCUT2D eigenvalue weighted by atomic mass is 16.3. The summed E-state index contributed by atoms with van der Waals surface area (Å²) in [5.41, 5.74) is 13.3. The average molecular weight is 547 g/mol. The lowest BCUT2D eigenvalue weighted by molar-refractivity contribution is 0.646. The minimum atomic E-state index is 0.645. The molecule has 0 aliphatic carbocycles. The second-order valence-corrected chi connectivity index (χ2v) is 12.8. The van der Waals surface area contributed by atoms with Gasteiger partial charge >= 0.3 is 0 Å². The molecule has 2 heteroatoms. The van der Waals surface area contributed by atoms with E-state index < -0.39 is 0 Å². The van der Waals surface area contributed by atoms with Crippen molar-refractivity contribution in [3.8, 4) is 33.4 Å². The van der Waals surface area contributed by atoms with Crippen molar-refractivity contribution in [1.29, 1.82) is 0 Å². The molecule has 0 spiro atoms. The molecule has 2 nitrogen and oxygen atoms in total. The summed E-state index contributed by atoms with van der Waals surface area (Å²) in [7, 11) is 0. The molecule has 0 aromatic heterocycles. The van der Waals surface area contributed by atoms with E-state index in [4.69, 9.17) is 8.83 Å². The maximum Gasteiger partial charge on any atom is 0.136 e. The first-order chi connectivity index (χ1) is 20.4. The molecular formula is C40H34O2. The van der Waals surface area contributed by atoms with Crippen molar-refractivity contribution in [2.45, 2.75) is 40.5 Å². The minimum absolute atomic E-state index is 0.645. The monoisotopic (exact) mass is 546 g/mol. The van der Waals surface area contributed by atoms with Crippen LogP contribution in [0.15, 0.2) is 106 Å². The van der Waals surface area contributed by atoms with E-state index in [0.717, 1.165) is 57.1 Å². The van der Waals surface area contributed by atoms with Crippen molar-refractivity contribution in [2.24, 2.45) is 11.8 Å². The smallest absolute Gasteiger partial charge is 0.136 e. The van der Waals surface area contributed by atoms with Crippen LogP contribution in [0.4, 0.5) is 0 Å². The van der Waals surface area contributed by atoms with Gasteiger partial charge in [-0.05, 0) is 105 Å². The Kier molecular flexibility index (Phi) is 5.69. The SMILES string of the molecule is CC(C)Cc1ccc(-c2cc3ccc4oc5cc(-c6ccc(CC(C)C)cc6)cc6ccc7oc(c2)c3c4-c7c65)cc1. The first-order valence-electron chi connectivity index (χ1n) is 15.2. The van der Waals surface area contributed by atoms with Crippen molar-refractivity contribution in [2.75, 3.05) is 0 Å². The second-order valence-electron chi connectivity index (χ2n) is 12.8. The maximum atomic E-state index is 6.68. The molecule has 0 radical (unpaired) electrons. The summed E-state index contributed by atoms with van der Waals surface area (Å²) in [6.45, 7) is 9.05. The molecule has 8 rings (SSSR count). The Bertz CT molecular complexity index is 2010. The molecule has 206 valence electrons. The standard InChI is InChI=1S/C40H34O2/c1-23(2)17-25-5-9-27(10-6-25)31-19-29-13-15-34-39-37(29)35(21-31)41-33-16-14-30-20-32(22-36(42-34)38(30)40(33)39)28-11-7-26(8-12-28)18-24(3)4/h5-16,19-24H,17-18H2,1-4H3. The Balaban J connectivity index is 1.29. The zero-order valence-electron chi connectivity index (χ0n) is 24.6. The average Bonchev–Trinajstić information content (AvgIpc) is 2.98. The van der Waals surface area contributed by atoms with Crippen LogP contribution in [0, 0.1) is 11.8 Å². The van der Waals surface area contributed by atoms with Gasteiger partial charge in [0, 0.05) is 21.9 Å². The van der Waals surface area contributed by atoms with E-state index in [1.807, 2.05) is 0 Å². The van der Waals surface area contributed by atoms with Crippen LogP contribution in [0.2, 0.25) is 0 Å². The van der Waals surface area contributed by atoms with E-state index in [1.165, 1.54) is 44.2 Å². The largest absolute Gasteiger partial charge is 0.456 e. The summed E-state index contributed by atoms with van der Waals surface area (Å²) >= 11 is 0. The fourth-order valence-electron chi connectivity index (χ4n) is 6.82. The van der Waals surface area contributed by atoms with Crippen LogP contribution in [-0.4, -0.2) is 0 Å². The fourth-order valence-corrected chi connectivity index (χ4v) is 6.82. The van der Waals surface area contributed by atoms with E-state index >= 15 is 0 Å². The van der Waals surface area contributed by atoms with Crippen molar-refractivity contribution >= 4 is 43.9 Å². The lowest BCUT2D eigenvalue weighted by Gasteiger charge is -2.20. The predicted octanol–water partition coefficient (Wildman–Crippen LogP) is 11.8. The van der Waals surface area contributed by atoms with Gasteiger partial charge in [-0.3, -0.25) is 0 Å². The van der Waals surface area contributed by atoms with E-state index in [0.29, 0.717) is 11.8 Å². The topological polar surface area (TPSA) is 26.3 Å². The van der Waals surface area contributed by atoms with Gasteiger partial charge in [0.25, 0.3) is 0 Å². The third-order valence-electron chi connectivity index (χ3n) is 8.64. The van der Waals surface area contributed by atoms with Gasteiger partial charge in [0.1, 0.15) is 22.3 Å². The van der Waals surface area contributed by atoms with Gasteiger partial charge in [0.2, 0.25) is 0 Å². The Morgan fingerprint density at radius 1 is 0.429 bits per heavy atom. The fraction of sp³-hybridized carbons (Fsp3) is 0.200. The first kappa shape index (κ1) is 25.2. The van der Waals surface area contributed by atoms with Crippen LogP contribution >= 0.6 is 0 Å². The van der Waals surface area contributed by atoms with Crippen LogP contribution < -0.4 is 0 Å². The van der Waals surface area contributed by atoms with E-state index in [1.54, 1.807) is 0 Å². The van der Waals surface area contributed by atoms with Gasteiger partial charge < -0.3 is 8.83 Å². The van der Waals surface area contributed by atoms with Crippen LogP contribution in [0.5, 0.6) is 0 Å². The van der Waals surface area contributed by atoms with Gasteiger partial charge in [0.15, 0.2) is 0 Å². The normalized spacial score (nSPS) is 12.4. The first-order valence-corrected chi connectivity index (χ1v) is 15.2. The van der Waals surface area contributed by atoms with E-state index in [9.17, 15) is 0 Å². The molecule has 0 fully saturated rings. The molecule has 0 atom stereocenters. The summed E-state index contributed by atoms with van der Waals surface area (Å²) in [4.78, 5) is 0. The van der Waals surface area contributed by atoms with Crippen molar-refractivity contribution in [3.63, 3.8) is 0 Å². The quantitative estimate of drug-likeness (QED) is 0.153. The number of hydrogen-bond donors (Lipinski definition) is 0. The zero-order chi connectivity index (χ0) is 28.5. The highest BCUT2D eigenvalue weighted by Crippen LogP contribution is 2.49. The molecule has 0 saturated carbocycles. The Hall–Kier alpha value is -4.56. The van der Waals surface area contributed by atoms with Crippen molar-refractivity contribution < 1.29 is 8.83 Å². The number of benzene rings is 6. The summed E-state index contributed by atoms with van der Waals surface area (Å²) in [5, 5.41) is 4.59. The summed E-state index contributed by atoms with van der Waals surface area (Å²) in [6, 6.07) is 35.5. The summed E-state index contributed by atoms with van der Waals surface area (Å²) < 4.78 is 13.4. The molecule has 2 aliphatic rings. The van der Waals surface area contributed by atoms with Gasteiger partial charge in [-0.25, -0.2) is 0 Å². The highest BCUT2D eigenvalue weighted by Gasteiger charge is 2.25. The van der Waals surface area contributed by atoms with E-state index in [-0.39, 0.29) is 0 Å². The number of rotatable bonds is 6. The number of hydrogen-bond acceptors (Lipinski definition) is 2. The van der Waals surface area contributed by atoms with Gasteiger partial charge in [-0.2, -0.15) is 0 Å². The summed E-state index contributed by atoms with van der Waals surface area (Å²) in [5.74, 6) is 1.29. The maximum absolute atomic E-state index is 6.68. The van der Waals surface area contributed by atoms with Crippen LogP contribution in [-0.2, 0) is 12.8 Å². The molecule has 2 heterocycles. The molecular weight excluding hydrogens is 512 g/mol. The van der Waals surface area contributed by atoms with Crippen LogP contribution in [0.1, 0.15) is 38.8 Å². The minimum Gasteiger partial charge on any atom is -0.456 e. The molecule has 0 unspecified atom stereocenters. The van der Waals surface area contributed by atoms with Crippen LogP contribution in [0.3, 0.4) is 0 Å². The Morgan fingerprint density at radius 2 is 0.833 bits per heavy atom. The molecule has 2 aliphatic heterocycles. The third-order valence-corrected chi connectivity index (χ3v) is 8.64. The van der Waals surface area contributed by atoms with Crippen LogP contribution in [0.25, 0.3) is 77.3 Å². The Morgan fingerprint density at radius 3 is 1.21 bits per heavy atom. The van der Waals surface area contributed by atoms with Gasteiger partial charge in [-0.1, -0.05) is 88.4 Å². The molecule has 42 heavy (non-hydrogen) atoms. The van der Waals surface area contributed by atoms with E-state index in [2.05, 4.69) is 125 Å². The zero-order valence-corrected chi connectivity index (χ0v) is 24.6. The Labute approximate surface area is 246 Å². The molecule has 0 N–H and O–H groups in total. The molecule has 6 aromatic rings. The molecule has 0 bridgehead atoms. The van der Waals surface area contributed by atoms with Crippen molar-refractivity contribution in [1.82, 2.24) is 0 Å². The summed E-state index contributed by atoms with van der Waals surface area (Å²) in [6.07, 6.45) is 2.19. The molecule has 6 aromatic carbocycles. The van der Waals surface area contributed by atoms with Crippen molar-refractivity contribution in [3.05, 3.63) is 108 Å². The molecule has 0 saturated heterocycles. The van der Waals surface area contributed by atoms with Gasteiger partial charge in [0.05, 0.1) is 0 Å². The second kappa shape index (κ2) is 9.49. The van der Waals surface area contributed by atoms with Gasteiger partial charge in [-0.15, -0.1) is 0 Å². The lowest BCUT2D eigenvalue weighted by Crippen LogP contribution is -1.96. The lowest BCUT2D eigenvalue weighted by atomic mass is 9.88.